The van der Waals surface area contributed by atoms with Crippen LogP contribution in [0, 0.1) is 6.92 Å². The number of rotatable bonds is 1. The lowest BCUT2D eigenvalue weighted by molar-refractivity contribution is 0.285. The van der Waals surface area contributed by atoms with E-state index in [2.05, 4.69) is 48.4 Å². The third-order valence-corrected chi connectivity index (χ3v) is 3.16. The summed E-state index contributed by atoms with van der Waals surface area (Å²) in [5, 5.41) is 5.95. The molecule has 0 spiro atoms. The molecule has 0 saturated carbocycles. The van der Waals surface area contributed by atoms with Crippen LogP contribution >= 0.6 is 0 Å². The highest BCUT2D eigenvalue weighted by Gasteiger charge is 2.17. The third kappa shape index (κ3) is 1.89. The Morgan fingerprint density at radius 1 is 1.06 bits per heavy atom. The first-order chi connectivity index (χ1) is 8.74. The summed E-state index contributed by atoms with van der Waals surface area (Å²) in [4.78, 5) is 0. The van der Waals surface area contributed by atoms with Gasteiger partial charge in [0.25, 0.3) is 0 Å². The van der Waals surface area contributed by atoms with Gasteiger partial charge in [0.05, 0.1) is 12.3 Å². The quantitative estimate of drug-likeness (QED) is 0.774. The van der Waals surface area contributed by atoms with E-state index >= 15 is 0 Å². The molecule has 1 aliphatic rings. The molecule has 3 heteroatoms. The van der Waals surface area contributed by atoms with E-state index in [0.717, 1.165) is 11.3 Å². The third-order valence-electron chi connectivity index (χ3n) is 3.16. The van der Waals surface area contributed by atoms with Crippen LogP contribution < -0.4 is 5.84 Å². The monoisotopic (exact) mass is 237 g/mol. The number of nitrogens with two attached hydrogens (primary N) is 1. The van der Waals surface area contributed by atoms with Crippen molar-refractivity contribution in [1.82, 2.24) is 5.12 Å². The van der Waals surface area contributed by atoms with Gasteiger partial charge < -0.3 is 0 Å². The van der Waals surface area contributed by atoms with E-state index in [0.29, 0.717) is 6.54 Å². The Labute approximate surface area is 107 Å². The topological polar surface area (TPSA) is 41.6 Å². The van der Waals surface area contributed by atoms with Crippen molar-refractivity contribution in [2.75, 3.05) is 0 Å². The van der Waals surface area contributed by atoms with Crippen LogP contribution in [-0.2, 0) is 6.54 Å². The second kappa shape index (κ2) is 4.27. The summed E-state index contributed by atoms with van der Waals surface area (Å²) < 4.78 is 0. The molecular weight excluding hydrogens is 222 g/mol. The largest absolute Gasteiger partial charge is 0.231 e. The minimum absolute atomic E-state index is 0.658. The molecule has 0 atom stereocenters. The lowest BCUT2D eigenvalue weighted by Gasteiger charge is -2.23. The number of hydrogen-bond acceptors (Lipinski definition) is 3. The predicted octanol–water partition coefficient (Wildman–Crippen LogP) is 2.44. The van der Waals surface area contributed by atoms with E-state index in [1.165, 1.54) is 21.8 Å². The molecule has 1 heterocycles. The van der Waals surface area contributed by atoms with Gasteiger partial charge in [0.2, 0.25) is 0 Å². The summed E-state index contributed by atoms with van der Waals surface area (Å²) in [5.74, 6) is 5.85. The van der Waals surface area contributed by atoms with E-state index in [9.17, 15) is 0 Å². The van der Waals surface area contributed by atoms with Gasteiger partial charge in [0.1, 0.15) is 0 Å². The van der Waals surface area contributed by atoms with Gasteiger partial charge in [-0.25, -0.2) is 11.0 Å². The van der Waals surface area contributed by atoms with E-state index < -0.39 is 0 Å². The molecule has 0 unspecified atom stereocenters. The predicted molar refractivity (Wildman–Crippen MR) is 73.0 cm³/mol. The maximum atomic E-state index is 5.85. The van der Waals surface area contributed by atoms with Gasteiger partial charge in [-0.1, -0.05) is 54.1 Å². The summed E-state index contributed by atoms with van der Waals surface area (Å²) in [6, 6.07) is 16.6. The maximum Gasteiger partial charge on any atom is 0.0995 e. The number of hydrazine groups is 1. The maximum absolute atomic E-state index is 5.85. The van der Waals surface area contributed by atoms with Gasteiger partial charge >= 0.3 is 0 Å². The second-order valence-electron chi connectivity index (χ2n) is 4.57. The number of fused-ring (bicyclic) bond motifs is 1. The highest BCUT2D eigenvalue weighted by Crippen LogP contribution is 2.21. The summed E-state index contributed by atoms with van der Waals surface area (Å²) in [6.45, 7) is 2.74. The van der Waals surface area contributed by atoms with Crippen molar-refractivity contribution in [1.29, 1.82) is 0 Å². The SMILES string of the molecule is Cc1ccc(C2=NN(N)Cc3ccccc32)cc1. The number of hydrogen-bond donors (Lipinski definition) is 1. The standard InChI is InChI=1S/C15H15N3/c1-11-6-8-12(9-7-11)15-14-5-3-2-4-13(14)10-18(16)17-15/h2-9H,10,16H2,1H3. The summed E-state index contributed by atoms with van der Waals surface area (Å²) >= 11 is 0. The molecule has 0 amide bonds. The fourth-order valence-electron chi connectivity index (χ4n) is 2.21. The van der Waals surface area contributed by atoms with Crippen LogP contribution in [0.15, 0.2) is 53.6 Å². The molecule has 0 bridgehead atoms. The highest BCUT2D eigenvalue weighted by atomic mass is 15.6. The van der Waals surface area contributed by atoms with Crippen LogP contribution in [0.3, 0.4) is 0 Å². The molecule has 0 radical (unpaired) electrons. The number of nitrogens with zero attached hydrogens (tertiary/aromatic N) is 2. The summed E-state index contributed by atoms with van der Waals surface area (Å²) in [7, 11) is 0. The Morgan fingerprint density at radius 3 is 2.56 bits per heavy atom. The van der Waals surface area contributed by atoms with E-state index in [4.69, 9.17) is 5.84 Å². The minimum atomic E-state index is 0.658. The Morgan fingerprint density at radius 2 is 1.78 bits per heavy atom. The fourth-order valence-corrected chi connectivity index (χ4v) is 2.21. The van der Waals surface area contributed by atoms with Crippen LogP contribution in [0.1, 0.15) is 22.3 Å². The van der Waals surface area contributed by atoms with Crippen molar-refractivity contribution in [2.24, 2.45) is 10.9 Å². The lowest BCUT2D eigenvalue weighted by atomic mass is 9.96. The van der Waals surface area contributed by atoms with Crippen molar-refractivity contribution >= 4 is 5.71 Å². The molecule has 2 aromatic carbocycles. The molecule has 3 rings (SSSR count). The first-order valence-electron chi connectivity index (χ1n) is 6.00. The molecule has 0 fully saturated rings. The average molecular weight is 237 g/mol. The highest BCUT2D eigenvalue weighted by molar-refractivity contribution is 6.14. The molecule has 2 N–H and O–H groups in total. The van der Waals surface area contributed by atoms with Crippen molar-refractivity contribution in [3.63, 3.8) is 0 Å². The van der Waals surface area contributed by atoms with Gasteiger partial charge in [0.15, 0.2) is 0 Å². The van der Waals surface area contributed by atoms with E-state index in [-0.39, 0.29) is 0 Å². The van der Waals surface area contributed by atoms with Gasteiger partial charge in [-0.2, -0.15) is 5.10 Å². The zero-order chi connectivity index (χ0) is 12.5. The van der Waals surface area contributed by atoms with Crippen LogP contribution in [-0.4, -0.2) is 10.8 Å². The van der Waals surface area contributed by atoms with Crippen molar-refractivity contribution in [3.05, 3.63) is 70.8 Å². The zero-order valence-electron chi connectivity index (χ0n) is 10.3. The fraction of sp³-hybridized carbons (Fsp3) is 0.133. The summed E-state index contributed by atoms with van der Waals surface area (Å²) in [6.07, 6.45) is 0. The Hall–Kier alpha value is -2.13. The molecule has 0 saturated heterocycles. The van der Waals surface area contributed by atoms with Crippen LogP contribution in [0.25, 0.3) is 0 Å². The number of benzene rings is 2. The van der Waals surface area contributed by atoms with Gasteiger partial charge in [-0.3, -0.25) is 0 Å². The van der Waals surface area contributed by atoms with Gasteiger partial charge in [0, 0.05) is 11.1 Å². The molecule has 1 aliphatic heterocycles. The molecule has 0 aromatic heterocycles. The van der Waals surface area contributed by atoms with Crippen LogP contribution in [0.4, 0.5) is 0 Å². The Balaban J connectivity index is 2.13. The first kappa shape index (κ1) is 11.0. The second-order valence-corrected chi connectivity index (χ2v) is 4.57. The molecule has 2 aromatic rings. The molecule has 18 heavy (non-hydrogen) atoms. The molecular formula is C15H15N3. The molecule has 3 nitrogen and oxygen atoms in total. The Bertz CT molecular complexity index is 599. The Kier molecular flexibility index (Phi) is 2.61. The lowest BCUT2D eigenvalue weighted by Crippen LogP contribution is -2.31. The van der Waals surface area contributed by atoms with Gasteiger partial charge in [-0.05, 0) is 12.5 Å². The van der Waals surface area contributed by atoms with E-state index in [1.54, 1.807) is 0 Å². The minimum Gasteiger partial charge on any atom is -0.231 e. The normalized spacial score (nSPS) is 14.1. The summed E-state index contributed by atoms with van der Waals surface area (Å²) in [5.41, 5.74) is 5.67. The van der Waals surface area contributed by atoms with Crippen molar-refractivity contribution in [2.45, 2.75) is 13.5 Å². The van der Waals surface area contributed by atoms with Crippen LogP contribution in [0.5, 0.6) is 0 Å². The van der Waals surface area contributed by atoms with E-state index in [1.807, 2.05) is 12.1 Å². The van der Waals surface area contributed by atoms with Crippen LogP contribution in [0.2, 0.25) is 0 Å². The number of aryl methyl sites for hydroxylation is 1. The zero-order valence-corrected chi connectivity index (χ0v) is 10.3. The first-order valence-corrected chi connectivity index (χ1v) is 6.00. The molecule has 90 valence electrons. The molecule has 0 aliphatic carbocycles. The smallest absolute Gasteiger partial charge is 0.0995 e. The average Bonchev–Trinajstić information content (AvgIpc) is 2.38. The van der Waals surface area contributed by atoms with Gasteiger partial charge in [-0.15, -0.1) is 0 Å². The van der Waals surface area contributed by atoms with Crippen molar-refractivity contribution in [3.8, 4) is 0 Å². The van der Waals surface area contributed by atoms with Crippen molar-refractivity contribution < 1.29 is 0 Å². The number of hydrazone groups is 1.